The molecule has 0 radical (unpaired) electrons. The molecule has 4 rings (SSSR count). The Bertz CT molecular complexity index is 557. The highest BCUT2D eigenvalue weighted by Gasteiger charge is 2.31. The summed E-state index contributed by atoms with van der Waals surface area (Å²) in [5.74, 6) is 0.550. The number of hydrogen-bond donors (Lipinski definition) is 1. The van der Waals surface area contributed by atoms with Gasteiger partial charge >= 0.3 is 0 Å². The van der Waals surface area contributed by atoms with Crippen LogP contribution in [0.5, 0.6) is 0 Å². The molecule has 4 nitrogen and oxygen atoms in total. The molecule has 1 saturated heterocycles. The molecule has 2 aromatic rings. The molecule has 2 unspecified atom stereocenters. The molecule has 2 fully saturated rings. The summed E-state index contributed by atoms with van der Waals surface area (Å²) >= 11 is 0. The van der Waals surface area contributed by atoms with Gasteiger partial charge in [0.15, 0.2) is 0 Å². The minimum atomic E-state index is 0.148. The Balaban J connectivity index is 1.56. The van der Waals surface area contributed by atoms with Gasteiger partial charge in [0.05, 0.1) is 5.69 Å². The summed E-state index contributed by atoms with van der Waals surface area (Å²) in [5, 5.41) is 3.65. The Morgan fingerprint density at radius 3 is 3.10 bits per heavy atom. The van der Waals surface area contributed by atoms with Crippen LogP contribution >= 0.6 is 0 Å². The predicted octanol–water partition coefficient (Wildman–Crippen LogP) is 2.55. The van der Waals surface area contributed by atoms with Gasteiger partial charge in [0, 0.05) is 37.5 Å². The van der Waals surface area contributed by atoms with E-state index in [4.69, 9.17) is 9.72 Å². The van der Waals surface area contributed by atoms with Gasteiger partial charge in [-0.3, -0.25) is 0 Å². The number of nitrogens with one attached hydrogen (secondary N) is 1. The third-order valence-electron chi connectivity index (χ3n) is 4.37. The average Bonchev–Trinajstić information content (AvgIpc) is 3.22. The van der Waals surface area contributed by atoms with E-state index in [0.717, 1.165) is 30.5 Å². The number of imidazole rings is 1. The van der Waals surface area contributed by atoms with E-state index in [1.807, 2.05) is 24.4 Å². The normalized spacial score (nSPS) is 27.0. The lowest BCUT2D eigenvalue weighted by molar-refractivity contribution is -0.0300. The minimum Gasteiger partial charge on any atom is -0.372 e. The fraction of sp³-hybridized carbons (Fsp3) is 0.562. The van der Waals surface area contributed by atoms with Crippen LogP contribution in [0.15, 0.2) is 30.6 Å². The average molecular weight is 271 g/mol. The Kier molecular flexibility index (Phi) is 3.20. The van der Waals surface area contributed by atoms with Gasteiger partial charge in [-0.25, -0.2) is 4.98 Å². The van der Waals surface area contributed by atoms with E-state index in [0.29, 0.717) is 5.92 Å². The fourth-order valence-corrected chi connectivity index (χ4v) is 3.08. The fourth-order valence-electron chi connectivity index (χ4n) is 3.08. The van der Waals surface area contributed by atoms with Gasteiger partial charge in [0.25, 0.3) is 0 Å². The molecule has 2 aromatic heterocycles. The largest absolute Gasteiger partial charge is 0.372 e. The van der Waals surface area contributed by atoms with Crippen molar-refractivity contribution >= 4 is 5.65 Å². The molecule has 106 valence electrons. The van der Waals surface area contributed by atoms with E-state index in [2.05, 4.69) is 15.9 Å². The van der Waals surface area contributed by atoms with Crippen LogP contribution in [0.4, 0.5) is 0 Å². The molecule has 2 atom stereocenters. The van der Waals surface area contributed by atoms with Crippen LogP contribution in [0, 0.1) is 5.92 Å². The molecule has 1 aliphatic heterocycles. The zero-order valence-electron chi connectivity index (χ0n) is 11.7. The lowest BCUT2D eigenvalue weighted by atomic mass is 9.92. The molecule has 0 amide bonds. The van der Waals surface area contributed by atoms with Gasteiger partial charge in [-0.05, 0) is 37.8 Å². The molecule has 1 N–H and O–H groups in total. The minimum absolute atomic E-state index is 0.148. The van der Waals surface area contributed by atoms with Crippen LogP contribution in [0.3, 0.4) is 0 Å². The summed E-state index contributed by atoms with van der Waals surface area (Å²) in [6, 6.07) is 6.87. The number of pyridine rings is 1. The number of aromatic nitrogens is 2. The van der Waals surface area contributed by atoms with Gasteiger partial charge in [0.1, 0.15) is 11.8 Å². The molecule has 3 heterocycles. The first-order chi connectivity index (χ1) is 9.90. The number of fused-ring (bicyclic) bond motifs is 1. The number of rotatable bonds is 4. The van der Waals surface area contributed by atoms with Gasteiger partial charge in [0.2, 0.25) is 0 Å². The van der Waals surface area contributed by atoms with Crippen molar-refractivity contribution in [3.8, 4) is 0 Å². The number of ether oxygens (including phenoxy) is 1. The Morgan fingerprint density at radius 1 is 1.30 bits per heavy atom. The van der Waals surface area contributed by atoms with E-state index in [9.17, 15) is 0 Å². The second kappa shape index (κ2) is 5.19. The lowest BCUT2D eigenvalue weighted by Gasteiger charge is -2.30. The van der Waals surface area contributed by atoms with Crippen molar-refractivity contribution in [2.24, 2.45) is 5.92 Å². The lowest BCUT2D eigenvalue weighted by Crippen LogP contribution is -2.33. The monoisotopic (exact) mass is 271 g/mol. The molecular weight excluding hydrogens is 250 g/mol. The number of hydrogen-bond acceptors (Lipinski definition) is 3. The molecular formula is C16H21N3O. The highest BCUT2D eigenvalue weighted by atomic mass is 16.5. The van der Waals surface area contributed by atoms with Crippen molar-refractivity contribution in [2.75, 3.05) is 13.2 Å². The smallest absolute Gasteiger partial charge is 0.137 e. The first kappa shape index (κ1) is 12.4. The highest BCUT2D eigenvalue weighted by molar-refractivity contribution is 5.40. The summed E-state index contributed by atoms with van der Waals surface area (Å²) in [4.78, 5) is 4.74. The van der Waals surface area contributed by atoms with Crippen LogP contribution in [0.25, 0.3) is 5.65 Å². The van der Waals surface area contributed by atoms with Gasteiger partial charge < -0.3 is 14.5 Å². The molecule has 0 aromatic carbocycles. The third kappa shape index (κ3) is 2.45. The molecule has 1 aliphatic carbocycles. The SMILES string of the molecule is c1ccn2cc(C3OCCCC3CNC3CC3)nc2c1. The Morgan fingerprint density at radius 2 is 2.25 bits per heavy atom. The molecule has 0 spiro atoms. The molecule has 20 heavy (non-hydrogen) atoms. The molecule has 1 saturated carbocycles. The van der Waals surface area contributed by atoms with E-state index in [1.165, 1.54) is 25.7 Å². The summed E-state index contributed by atoms with van der Waals surface area (Å²) in [6.45, 7) is 1.92. The summed E-state index contributed by atoms with van der Waals surface area (Å²) < 4.78 is 8.13. The van der Waals surface area contributed by atoms with Gasteiger partial charge in [-0.2, -0.15) is 0 Å². The Hall–Kier alpha value is -1.39. The van der Waals surface area contributed by atoms with Gasteiger partial charge in [-0.15, -0.1) is 0 Å². The maximum atomic E-state index is 6.04. The summed E-state index contributed by atoms with van der Waals surface area (Å²) in [7, 11) is 0. The topological polar surface area (TPSA) is 38.6 Å². The number of nitrogens with zero attached hydrogens (tertiary/aromatic N) is 2. The van der Waals surface area contributed by atoms with Crippen molar-refractivity contribution in [3.05, 3.63) is 36.3 Å². The molecule has 2 aliphatic rings. The van der Waals surface area contributed by atoms with E-state index < -0.39 is 0 Å². The summed E-state index contributed by atoms with van der Waals surface area (Å²) in [5.41, 5.74) is 2.09. The van der Waals surface area contributed by atoms with Crippen molar-refractivity contribution < 1.29 is 4.74 Å². The third-order valence-corrected chi connectivity index (χ3v) is 4.37. The Labute approximate surface area is 119 Å². The summed E-state index contributed by atoms with van der Waals surface area (Å²) in [6.07, 6.45) is 9.40. The first-order valence-electron chi connectivity index (χ1n) is 7.69. The second-order valence-corrected chi connectivity index (χ2v) is 6.01. The highest BCUT2D eigenvalue weighted by Crippen LogP contribution is 2.33. The maximum absolute atomic E-state index is 6.04. The zero-order valence-corrected chi connectivity index (χ0v) is 11.7. The van der Waals surface area contributed by atoms with Crippen LogP contribution in [-0.2, 0) is 4.74 Å². The van der Waals surface area contributed by atoms with Gasteiger partial charge in [-0.1, -0.05) is 6.07 Å². The molecule has 4 heteroatoms. The van der Waals surface area contributed by atoms with Crippen molar-refractivity contribution in [1.29, 1.82) is 0 Å². The van der Waals surface area contributed by atoms with Crippen LogP contribution in [-0.4, -0.2) is 28.6 Å². The van der Waals surface area contributed by atoms with Crippen molar-refractivity contribution in [1.82, 2.24) is 14.7 Å². The predicted molar refractivity (Wildman–Crippen MR) is 77.6 cm³/mol. The maximum Gasteiger partial charge on any atom is 0.137 e. The standard InChI is InChI=1S/C16H21N3O/c1-2-8-19-11-14(18-15(19)5-1)16-12(4-3-9-20-16)10-17-13-6-7-13/h1-2,5,8,11-13,16-17H,3-4,6-7,9-10H2. The van der Waals surface area contributed by atoms with Crippen LogP contribution < -0.4 is 5.32 Å². The first-order valence-corrected chi connectivity index (χ1v) is 7.69. The quantitative estimate of drug-likeness (QED) is 0.929. The van der Waals surface area contributed by atoms with E-state index in [1.54, 1.807) is 0 Å². The zero-order chi connectivity index (χ0) is 13.4. The second-order valence-electron chi connectivity index (χ2n) is 6.01. The van der Waals surface area contributed by atoms with Crippen LogP contribution in [0.1, 0.15) is 37.5 Å². The van der Waals surface area contributed by atoms with E-state index >= 15 is 0 Å². The molecule has 0 bridgehead atoms. The van der Waals surface area contributed by atoms with Crippen molar-refractivity contribution in [3.63, 3.8) is 0 Å². The van der Waals surface area contributed by atoms with Crippen molar-refractivity contribution in [2.45, 2.75) is 37.8 Å². The van der Waals surface area contributed by atoms with Crippen LogP contribution in [0.2, 0.25) is 0 Å². The van der Waals surface area contributed by atoms with E-state index in [-0.39, 0.29) is 6.10 Å².